The van der Waals surface area contributed by atoms with E-state index < -0.39 is 12.0 Å². The van der Waals surface area contributed by atoms with E-state index in [1.807, 2.05) is 0 Å². The number of hydrogen-bond donors (Lipinski definition) is 4. The van der Waals surface area contributed by atoms with Crippen LogP contribution in [-0.2, 0) is 6.54 Å². The van der Waals surface area contributed by atoms with Gasteiger partial charge in [-0.2, -0.15) is 5.10 Å². The summed E-state index contributed by atoms with van der Waals surface area (Å²) >= 11 is 0. The van der Waals surface area contributed by atoms with Crippen LogP contribution in [0.5, 0.6) is 0 Å². The molecule has 0 aliphatic carbocycles. The Labute approximate surface area is 107 Å². The molecule has 19 heavy (non-hydrogen) atoms. The molecule has 0 radical (unpaired) electrons. The molecule has 0 saturated carbocycles. The van der Waals surface area contributed by atoms with Crippen LogP contribution >= 0.6 is 0 Å². The van der Waals surface area contributed by atoms with Crippen molar-refractivity contribution in [2.75, 3.05) is 5.32 Å². The van der Waals surface area contributed by atoms with Gasteiger partial charge in [0.05, 0.1) is 12.1 Å². The molecule has 2 amide bonds. The molecule has 0 aliphatic rings. The molecule has 0 spiro atoms. The molecular formula is C11H11N5O3. The molecule has 98 valence electrons. The molecule has 8 nitrogen and oxygen atoms in total. The lowest BCUT2D eigenvalue weighted by Crippen LogP contribution is -2.28. The molecule has 0 fully saturated rings. The summed E-state index contributed by atoms with van der Waals surface area (Å²) in [5.41, 5.74) is 0.660. The van der Waals surface area contributed by atoms with Gasteiger partial charge >= 0.3 is 12.0 Å². The van der Waals surface area contributed by atoms with Crippen LogP contribution in [0.25, 0.3) is 0 Å². The van der Waals surface area contributed by atoms with Gasteiger partial charge in [0.15, 0.2) is 0 Å². The van der Waals surface area contributed by atoms with Crippen LogP contribution < -0.4 is 10.6 Å². The minimum absolute atomic E-state index is 0.160. The van der Waals surface area contributed by atoms with Crippen LogP contribution in [0.3, 0.4) is 0 Å². The number of amides is 2. The first kappa shape index (κ1) is 12.6. The van der Waals surface area contributed by atoms with Gasteiger partial charge in [0.2, 0.25) is 0 Å². The van der Waals surface area contributed by atoms with E-state index in [0.717, 1.165) is 0 Å². The first-order chi connectivity index (χ1) is 9.15. The van der Waals surface area contributed by atoms with Crippen molar-refractivity contribution in [3.05, 3.63) is 42.0 Å². The standard InChI is InChI=1S/C11H11N5O3/c17-10(18)7-1-3-8(4-2-7)15-11(19)12-5-9-13-6-14-16-9/h1-4,6H,5H2,(H,17,18)(H2,12,15,19)(H,13,14,16). The van der Waals surface area contributed by atoms with Crippen molar-refractivity contribution in [2.24, 2.45) is 0 Å². The maximum absolute atomic E-state index is 11.5. The largest absolute Gasteiger partial charge is 0.478 e. The fraction of sp³-hybridized carbons (Fsp3) is 0.0909. The maximum atomic E-state index is 11.5. The first-order valence-electron chi connectivity index (χ1n) is 5.37. The number of benzene rings is 1. The quantitative estimate of drug-likeness (QED) is 0.649. The zero-order valence-corrected chi connectivity index (χ0v) is 9.75. The minimum Gasteiger partial charge on any atom is -0.478 e. The van der Waals surface area contributed by atoms with E-state index in [1.54, 1.807) is 0 Å². The Kier molecular flexibility index (Phi) is 3.72. The van der Waals surface area contributed by atoms with Crippen LogP contribution in [0.4, 0.5) is 10.5 Å². The number of carboxylic acid groups (broad SMARTS) is 1. The number of anilines is 1. The van der Waals surface area contributed by atoms with Crippen molar-refractivity contribution in [1.29, 1.82) is 0 Å². The second-order valence-electron chi connectivity index (χ2n) is 3.62. The number of carbonyl (C=O) groups is 2. The fourth-order valence-electron chi connectivity index (χ4n) is 1.35. The monoisotopic (exact) mass is 261 g/mol. The van der Waals surface area contributed by atoms with Crippen molar-refractivity contribution in [3.63, 3.8) is 0 Å². The molecule has 1 aromatic heterocycles. The van der Waals surface area contributed by atoms with Crippen molar-refractivity contribution >= 4 is 17.7 Å². The van der Waals surface area contributed by atoms with Gasteiger partial charge < -0.3 is 15.7 Å². The highest BCUT2D eigenvalue weighted by atomic mass is 16.4. The Morgan fingerprint density at radius 1 is 1.26 bits per heavy atom. The van der Waals surface area contributed by atoms with Gasteiger partial charge in [0.25, 0.3) is 0 Å². The molecule has 2 rings (SSSR count). The highest BCUT2D eigenvalue weighted by molar-refractivity contribution is 5.91. The number of nitrogens with zero attached hydrogens (tertiary/aromatic N) is 2. The van der Waals surface area contributed by atoms with E-state index in [0.29, 0.717) is 11.5 Å². The van der Waals surface area contributed by atoms with Gasteiger partial charge in [0, 0.05) is 5.69 Å². The zero-order chi connectivity index (χ0) is 13.7. The predicted molar refractivity (Wildman–Crippen MR) is 65.6 cm³/mol. The molecule has 8 heteroatoms. The summed E-state index contributed by atoms with van der Waals surface area (Å²) in [4.78, 5) is 26.0. The molecule has 0 aliphatic heterocycles. The normalized spacial score (nSPS) is 9.89. The third-order valence-corrected chi connectivity index (χ3v) is 2.27. The number of aromatic amines is 1. The molecule has 0 saturated heterocycles. The predicted octanol–water partition coefficient (Wildman–Crippen LogP) is 0.825. The van der Waals surface area contributed by atoms with Crippen LogP contribution in [0, 0.1) is 0 Å². The molecule has 1 heterocycles. The van der Waals surface area contributed by atoms with Crippen molar-refractivity contribution < 1.29 is 14.7 Å². The lowest BCUT2D eigenvalue weighted by Gasteiger charge is -2.06. The van der Waals surface area contributed by atoms with Gasteiger partial charge in [-0.15, -0.1) is 0 Å². The third-order valence-electron chi connectivity index (χ3n) is 2.27. The van der Waals surface area contributed by atoms with Crippen LogP contribution in [0.15, 0.2) is 30.6 Å². The summed E-state index contributed by atoms with van der Waals surface area (Å²) in [6.07, 6.45) is 1.35. The Morgan fingerprint density at radius 2 is 2.00 bits per heavy atom. The first-order valence-corrected chi connectivity index (χ1v) is 5.37. The van der Waals surface area contributed by atoms with E-state index in [2.05, 4.69) is 25.8 Å². The number of carboxylic acids is 1. The third kappa shape index (κ3) is 3.53. The summed E-state index contributed by atoms with van der Waals surface area (Å²) < 4.78 is 0. The number of rotatable bonds is 4. The molecule has 2 aromatic rings. The van der Waals surface area contributed by atoms with Gasteiger partial charge in [0.1, 0.15) is 12.2 Å². The van der Waals surface area contributed by atoms with Crippen molar-refractivity contribution in [3.8, 4) is 0 Å². The van der Waals surface area contributed by atoms with Gasteiger partial charge in [-0.1, -0.05) is 0 Å². The lowest BCUT2D eigenvalue weighted by molar-refractivity contribution is 0.0697. The summed E-state index contributed by atoms with van der Waals surface area (Å²) in [6, 6.07) is 5.43. The van der Waals surface area contributed by atoms with E-state index in [-0.39, 0.29) is 12.1 Å². The Hall–Kier alpha value is -2.90. The van der Waals surface area contributed by atoms with Crippen LogP contribution in [0.1, 0.15) is 16.2 Å². The Morgan fingerprint density at radius 3 is 2.58 bits per heavy atom. The summed E-state index contributed by atoms with van der Waals surface area (Å²) in [5, 5.41) is 20.1. The molecule has 1 aromatic carbocycles. The number of carbonyl (C=O) groups excluding carboxylic acids is 1. The summed E-state index contributed by atoms with van der Waals surface area (Å²) in [7, 11) is 0. The second kappa shape index (κ2) is 5.63. The van der Waals surface area contributed by atoms with E-state index >= 15 is 0 Å². The zero-order valence-electron chi connectivity index (χ0n) is 9.75. The summed E-state index contributed by atoms with van der Waals surface area (Å²) in [5.74, 6) is -0.474. The van der Waals surface area contributed by atoms with Crippen LogP contribution in [0.2, 0.25) is 0 Å². The highest BCUT2D eigenvalue weighted by Gasteiger charge is 2.05. The van der Waals surface area contributed by atoms with Gasteiger partial charge in [-0.3, -0.25) is 5.10 Å². The van der Waals surface area contributed by atoms with Gasteiger partial charge in [-0.05, 0) is 24.3 Å². The Balaban J connectivity index is 1.86. The molecule has 0 atom stereocenters. The van der Waals surface area contributed by atoms with Crippen LogP contribution in [-0.4, -0.2) is 32.3 Å². The smallest absolute Gasteiger partial charge is 0.335 e. The number of urea groups is 1. The number of nitrogens with one attached hydrogen (secondary N) is 3. The van der Waals surface area contributed by atoms with Crippen molar-refractivity contribution in [2.45, 2.75) is 6.54 Å². The molecule has 4 N–H and O–H groups in total. The number of H-pyrrole nitrogens is 1. The second-order valence-corrected chi connectivity index (χ2v) is 3.62. The molecule has 0 unspecified atom stereocenters. The van der Waals surface area contributed by atoms with Crippen molar-refractivity contribution in [1.82, 2.24) is 20.5 Å². The SMILES string of the molecule is O=C(NCc1ncn[nH]1)Nc1ccc(C(=O)O)cc1. The van der Waals surface area contributed by atoms with E-state index in [4.69, 9.17) is 5.11 Å². The van der Waals surface area contributed by atoms with Gasteiger partial charge in [-0.25, -0.2) is 14.6 Å². The average molecular weight is 261 g/mol. The van der Waals surface area contributed by atoms with E-state index in [1.165, 1.54) is 30.6 Å². The lowest BCUT2D eigenvalue weighted by atomic mass is 10.2. The average Bonchev–Trinajstić information content (AvgIpc) is 2.90. The Bertz CT molecular complexity index is 565. The highest BCUT2D eigenvalue weighted by Crippen LogP contribution is 2.09. The number of aromatic carboxylic acids is 1. The molecule has 0 bridgehead atoms. The number of aromatic nitrogens is 3. The summed E-state index contributed by atoms with van der Waals surface area (Å²) in [6.45, 7) is 0.221. The topological polar surface area (TPSA) is 120 Å². The maximum Gasteiger partial charge on any atom is 0.335 e. The number of hydrogen-bond acceptors (Lipinski definition) is 4. The van der Waals surface area contributed by atoms with E-state index in [9.17, 15) is 9.59 Å². The fourth-order valence-corrected chi connectivity index (χ4v) is 1.35. The molecular weight excluding hydrogens is 250 g/mol. The minimum atomic E-state index is -1.01.